The first kappa shape index (κ1) is 9.80. The van der Waals surface area contributed by atoms with Crippen LogP contribution in [0.3, 0.4) is 0 Å². The van der Waals surface area contributed by atoms with Crippen molar-refractivity contribution < 1.29 is 14.3 Å². The van der Waals surface area contributed by atoms with Crippen LogP contribution in [0.5, 0.6) is 0 Å². The lowest BCUT2D eigenvalue weighted by molar-refractivity contribution is 0.0914. The van der Waals surface area contributed by atoms with Gasteiger partial charge in [0.1, 0.15) is 6.26 Å². The molecule has 0 aliphatic carbocycles. The van der Waals surface area contributed by atoms with Gasteiger partial charge in [0.25, 0.3) is 5.91 Å². The van der Waals surface area contributed by atoms with Gasteiger partial charge in [-0.15, -0.1) is 0 Å². The van der Waals surface area contributed by atoms with Crippen LogP contribution in [0.4, 0.5) is 0 Å². The van der Waals surface area contributed by atoms with E-state index in [4.69, 9.17) is 9.52 Å². The smallest absolute Gasteiger partial charge is 0.254 e. The number of carbonyl (C=O) groups is 1. The minimum absolute atomic E-state index is 0.0416. The molecule has 0 radical (unpaired) electrons. The lowest BCUT2D eigenvalue weighted by Crippen LogP contribution is -2.36. The number of furan rings is 1. The Balaban J connectivity index is 2.50. The topological polar surface area (TPSA) is 62.5 Å². The van der Waals surface area contributed by atoms with E-state index in [9.17, 15) is 4.79 Å². The molecule has 4 heteroatoms. The molecule has 1 aromatic heterocycles. The highest BCUT2D eigenvalue weighted by atomic mass is 16.3. The van der Waals surface area contributed by atoms with E-state index in [0.717, 1.165) is 0 Å². The molecule has 0 aliphatic heterocycles. The van der Waals surface area contributed by atoms with E-state index < -0.39 is 0 Å². The van der Waals surface area contributed by atoms with Crippen LogP contribution in [0.1, 0.15) is 23.7 Å². The molecule has 2 N–H and O–H groups in total. The monoisotopic (exact) mass is 183 g/mol. The van der Waals surface area contributed by atoms with E-state index in [1.807, 2.05) is 6.92 Å². The Labute approximate surface area is 76.6 Å². The number of hydrogen-bond donors (Lipinski definition) is 2. The van der Waals surface area contributed by atoms with Crippen molar-refractivity contribution in [2.24, 2.45) is 0 Å². The van der Waals surface area contributed by atoms with E-state index in [1.165, 1.54) is 12.5 Å². The first-order chi connectivity index (χ1) is 6.27. The summed E-state index contributed by atoms with van der Waals surface area (Å²) in [7, 11) is 0. The Morgan fingerprint density at radius 2 is 2.54 bits per heavy atom. The van der Waals surface area contributed by atoms with Gasteiger partial charge in [0.15, 0.2) is 0 Å². The molecular weight excluding hydrogens is 170 g/mol. The summed E-state index contributed by atoms with van der Waals surface area (Å²) in [5, 5.41) is 11.5. The average Bonchev–Trinajstić information content (AvgIpc) is 2.66. The molecule has 0 fully saturated rings. The van der Waals surface area contributed by atoms with Gasteiger partial charge in [-0.3, -0.25) is 4.79 Å². The number of rotatable bonds is 4. The van der Waals surface area contributed by atoms with E-state index in [0.29, 0.717) is 12.0 Å². The second-order valence-corrected chi connectivity index (χ2v) is 2.77. The maximum atomic E-state index is 11.4. The molecule has 1 unspecified atom stereocenters. The maximum absolute atomic E-state index is 11.4. The molecule has 1 heterocycles. The van der Waals surface area contributed by atoms with Crippen LogP contribution in [0.25, 0.3) is 0 Å². The molecule has 1 atom stereocenters. The molecular formula is C9H13NO3. The van der Waals surface area contributed by atoms with Gasteiger partial charge in [0.05, 0.1) is 24.5 Å². The van der Waals surface area contributed by atoms with Crippen LogP contribution in [0.2, 0.25) is 0 Å². The Morgan fingerprint density at radius 1 is 1.77 bits per heavy atom. The zero-order chi connectivity index (χ0) is 9.68. The summed E-state index contributed by atoms with van der Waals surface area (Å²) in [5.41, 5.74) is 0.479. The summed E-state index contributed by atoms with van der Waals surface area (Å²) in [4.78, 5) is 11.4. The molecule has 0 bridgehead atoms. The summed E-state index contributed by atoms with van der Waals surface area (Å²) in [6.07, 6.45) is 3.52. The number of hydrogen-bond acceptors (Lipinski definition) is 3. The summed E-state index contributed by atoms with van der Waals surface area (Å²) in [5.74, 6) is -0.213. The van der Waals surface area contributed by atoms with Crippen molar-refractivity contribution in [3.05, 3.63) is 24.2 Å². The molecule has 72 valence electrons. The average molecular weight is 183 g/mol. The van der Waals surface area contributed by atoms with Gasteiger partial charge in [-0.25, -0.2) is 0 Å². The van der Waals surface area contributed by atoms with Gasteiger partial charge in [0, 0.05) is 0 Å². The van der Waals surface area contributed by atoms with E-state index >= 15 is 0 Å². The number of aliphatic hydroxyl groups is 1. The van der Waals surface area contributed by atoms with Gasteiger partial charge in [-0.1, -0.05) is 6.92 Å². The second-order valence-electron chi connectivity index (χ2n) is 2.77. The summed E-state index contributed by atoms with van der Waals surface area (Å²) in [6.45, 7) is 1.86. The SMILES string of the molecule is CCC(CO)NC(=O)c1ccoc1. The Bertz CT molecular complexity index is 252. The van der Waals surface area contributed by atoms with Crippen molar-refractivity contribution in [2.75, 3.05) is 6.61 Å². The molecule has 13 heavy (non-hydrogen) atoms. The summed E-state index contributed by atoms with van der Waals surface area (Å²) in [6, 6.07) is 1.40. The number of amides is 1. The Morgan fingerprint density at radius 3 is 3.00 bits per heavy atom. The summed E-state index contributed by atoms with van der Waals surface area (Å²) < 4.78 is 4.76. The van der Waals surface area contributed by atoms with Crippen molar-refractivity contribution in [3.63, 3.8) is 0 Å². The van der Waals surface area contributed by atoms with E-state index in [2.05, 4.69) is 5.32 Å². The normalized spacial score (nSPS) is 12.5. The van der Waals surface area contributed by atoms with Gasteiger partial charge < -0.3 is 14.8 Å². The Hall–Kier alpha value is -1.29. The fourth-order valence-electron chi connectivity index (χ4n) is 0.939. The molecule has 0 aromatic carbocycles. The molecule has 1 amide bonds. The predicted octanol–water partition coefficient (Wildman–Crippen LogP) is 0.780. The van der Waals surface area contributed by atoms with Crippen LogP contribution in [0, 0.1) is 0 Å². The first-order valence-electron chi connectivity index (χ1n) is 4.21. The minimum Gasteiger partial charge on any atom is -0.472 e. The predicted molar refractivity (Wildman–Crippen MR) is 47.3 cm³/mol. The van der Waals surface area contributed by atoms with Crippen LogP contribution in [-0.2, 0) is 0 Å². The van der Waals surface area contributed by atoms with E-state index in [-0.39, 0.29) is 18.6 Å². The highest BCUT2D eigenvalue weighted by Crippen LogP contribution is 2.00. The zero-order valence-corrected chi connectivity index (χ0v) is 7.49. The van der Waals surface area contributed by atoms with Crippen LogP contribution >= 0.6 is 0 Å². The standard InChI is InChI=1S/C9H13NO3/c1-2-8(5-11)10-9(12)7-3-4-13-6-7/h3-4,6,8,11H,2,5H2,1H3,(H,10,12). The second kappa shape index (κ2) is 4.67. The molecule has 0 saturated carbocycles. The zero-order valence-electron chi connectivity index (χ0n) is 7.49. The fourth-order valence-corrected chi connectivity index (χ4v) is 0.939. The van der Waals surface area contributed by atoms with Gasteiger partial charge in [0.2, 0.25) is 0 Å². The lowest BCUT2D eigenvalue weighted by Gasteiger charge is -2.12. The van der Waals surface area contributed by atoms with Crippen molar-refractivity contribution in [1.82, 2.24) is 5.32 Å². The number of carbonyl (C=O) groups excluding carboxylic acids is 1. The minimum atomic E-state index is -0.213. The fraction of sp³-hybridized carbons (Fsp3) is 0.444. The molecule has 1 aromatic rings. The molecule has 0 spiro atoms. The van der Waals surface area contributed by atoms with Crippen LogP contribution in [0.15, 0.2) is 23.0 Å². The lowest BCUT2D eigenvalue weighted by atomic mass is 10.2. The van der Waals surface area contributed by atoms with Crippen LogP contribution in [-0.4, -0.2) is 23.7 Å². The third kappa shape index (κ3) is 2.59. The first-order valence-corrected chi connectivity index (χ1v) is 4.21. The molecule has 1 rings (SSSR count). The molecule has 4 nitrogen and oxygen atoms in total. The third-order valence-electron chi connectivity index (χ3n) is 1.83. The van der Waals surface area contributed by atoms with Crippen molar-refractivity contribution >= 4 is 5.91 Å². The Kier molecular flexibility index (Phi) is 3.52. The van der Waals surface area contributed by atoms with Crippen molar-refractivity contribution in [3.8, 4) is 0 Å². The summed E-state index contributed by atoms with van der Waals surface area (Å²) >= 11 is 0. The largest absolute Gasteiger partial charge is 0.472 e. The number of nitrogens with one attached hydrogen (secondary N) is 1. The van der Waals surface area contributed by atoms with Crippen molar-refractivity contribution in [1.29, 1.82) is 0 Å². The van der Waals surface area contributed by atoms with Crippen LogP contribution < -0.4 is 5.32 Å². The van der Waals surface area contributed by atoms with Gasteiger partial charge >= 0.3 is 0 Å². The maximum Gasteiger partial charge on any atom is 0.254 e. The highest BCUT2D eigenvalue weighted by Gasteiger charge is 2.11. The quantitative estimate of drug-likeness (QED) is 0.725. The molecule has 0 saturated heterocycles. The molecule has 0 aliphatic rings. The van der Waals surface area contributed by atoms with Gasteiger partial charge in [-0.05, 0) is 12.5 Å². The van der Waals surface area contributed by atoms with Crippen molar-refractivity contribution in [2.45, 2.75) is 19.4 Å². The van der Waals surface area contributed by atoms with E-state index in [1.54, 1.807) is 6.07 Å². The highest BCUT2D eigenvalue weighted by molar-refractivity contribution is 5.93. The third-order valence-corrected chi connectivity index (χ3v) is 1.83. The number of aliphatic hydroxyl groups excluding tert-OH is 1. The van der Waals surface area contributed by atoms with Gasteiger partial charge in [-0.2, -0.15) is 0 Å².